The molecule has 0 aliphatic heterocycles. The first-order valence-electron chi connectivity index (χ1n) is 20.9. The quantitative estimate of drug-likeness (QED) is 0.154. The Kier molecular flexibility index (Phi) is 9.09. The Morgan fingerprint density at radius 1 is 0.246 bits per heavy atom. The molecule has 2 nitrogen and oxygen atoms in total. The minimum Gasteiger partial charge on any atom is -0.228 e. The summed E-state index contributed by atoms with van der Waals surface area (Å²) in [6.45, 7) is 0. The van der Waals surface area contributed by atoms with E-state index in [4.69, 9.17) is 9.97 Å². The van der Waals surface area contributed by atoms with Crippen molar-refractivity contribution < 1.29 is 0 Å². The monoisotopic (exact) mass is 776 g/mol. The summed E-state index contributed by atoms with van der Waals surface area (Å²) in [5.41, 5.74) is 19.0. The molecule has 10 aromatic rings. The van der Waals surface area contributed by atoms with Gasteiger partial charge >= 0.3 is 0 Å². The van der Waals surface area contributed by atoms with Gasteiger partial charge in [-0.1, -0.05) is 218 Å². The van der Waals surface area contributed by atoms with Crippen molar-refractivity contribution >= 4 is 0 Å². The Morgan fingerprint density at radius 3 is 1.34 bits per heavy atom. The molecule has 0 bridgehead atoms. The van der Waals surface area contributed by atoms with Crippen LogP contribution in [-0.2, 0) is 5.41 Å². The number of benzene rings is 9. The van der Waals surface area contributed by atoms with Crippen molar-refractivity contribution in [3.05, 3.63) is 265 Å². The van der Waals surface area contributed by atoms with Crippen molar-refractivity contribution in [3.8, 4) is 78.4 Å². The molecule has 0 amide bonds. The molecule has 0 N–H and O–H groups in total. The highest BCUT2D eigenvalue weighted by Gasteiger charge is 2.46. The van der Waals surface area contributed by atoms with E-state index >= 15 is 0 Å². The molecule has 0 saturated heterocycles. The van der Waals surface area contributed by atoms with Gasteiger partial charge in [0.1, 0.15) is 0 Å². The fourth-order valence-electron chi connectivity index (χ4n) is 9.35. The molecule has 0 saturated carbocycles. The highest BCUT2D eigenvalue weighted by molar-refractivity contribution is 5.95. The standard InChI is InChI=1S/C59H40N2/c1-6-19-41(20-7-1)46-25-18-26-47(37-46)57-40-56(60-58(61-57)45-23-10-3-11-24-45)44-35-33-43(34-36-44)52-39-55-53(38-51(52)42-21-8-2-9-22-42)50-31-16-17-32-54(50)59(55,48-27-12-4-13-28-48)49-29-14-5-15-30-49/h1-40H. The molecule has 2 heteroatoms. The largest absolute Gasteiger partial charge is 0.228 e. The van der Waals surface area contributed by atoms with Crippen LogP contribution in [0.25, 0.3) is 78.4 Å². The van der Waals surface area contributed by atoms with Crippen molar-refractivity contribution in [1.82, 2.24) is 9.97 Å². The third kappa shape index (κ3) is 6.37. The third-order valence-electron chi connectivity index (χ3n) is 12.2. The molecule has 0 unspecified atom stereocenters. The maximum absolute atomic E-state index is 5.19. The lowest BCUT2D eigenvalue weighted by Crippen LogP contribution is -2.28. The van der Waals surface area contributed by atoms with E-state index in [-0.39, 0.29) is 0 Å². The summed E-state index contributed by atoms with van der Waals surface area (Å²) in [5.74, 6) is 0.699. The second-order valence-corrected chi connectivity index (χ2v) is 15.7. The molecule has 11 rings (SSSR count). The molecule has 0 spiro atoms. The van der Waals surface area contributed by atoms with E-state index in [1.165, 1.54) is 55.6 Å². The predicted molar refractivity (Wildman–Crippen MR) is 252 cm³/mol. The third-order valence-corrected chi connectivity index (χ3v) is 12.2. The lowest BCUT2D eigenvalue weighted by Gasteiger charge is -2.34. The molecule has 9 aromatic carbocycles. The Morgan fingerprint density at radius 2 is 0.705 bits per heavy atom. The van der Waals surface area contributed by atoms with E-state index in [0.717, 1.165) is 39.2 Å². The van der Waals surface area contributed by atoms with Crippen LogP contribution in [0.1, 0.15) is 22.3 Å². The lowest BCUT2D eigenvalue weighted by atomic mass is 9.67. The van der Waals surface area contributed by atoms with Gasteiger partial charge < -0.3 is 0 Å². The van der Waals surface area contributed by atoms with Crippen LogP contribution in [0.3, 0.4) is 0 Å². The van der Waals surface area contributed by atoms with Crippen molar-refractivity contribution in [1.29, 1.82) is 0 Å². The van der Waals surface area contributed by atoms with Crippen molar-refractivity contribution in [2.45, 2.75) is 5.41 Å². The van der Waals surface area contributed by atoms with E-state index in [1.54, 1.807) is 0 Å². The highest BCUT2D eigenvalue weighted by Crippen LogP contribution is 2.58. The van der Waals surface area contributed by atoms with Gasteiger partial charge in [-0.2, -0.15) is 0 Å². The molecular weight excluding hydrogens is 737 g/mol. The van der Waals surface area contributed by atoms with E-state index < -0.39 is 5.41 Å². The van der Waals surface area contributed by atoms with E-state index in [2.05, 4.69) is 224 Å². The average Bonchev–Trinajstić information content (AvgIpc) is 3.65. The van der Waals surface area contributed by atoms with Crippen molar-refractivity contribution in [2.75, 3.05) is 0 Å². The summed E-state index contributed by atoms with van der Waals surface area (Å²) in [7, 11) is 0. The second kappa shape index (κ2) is 15.3. The molecule has 0 radical (unpaired) electrons. The summed E-state index contributed by atoms with van der Waals surface area (Å²) in [5, 5.41) is 0. The second-order valence-electron chi connectivity index (χ2n) is 15.7. The van der Waals surface area contributed by atoms with Gasteiger partial charge in [-0.15, -0.1) is 0 Å². The van der Waals surface area contributed by atoms with Gasteiger partial charge in [0.15, 0.2) is 5.82 Å². The van der Waals surface area contributed by atoms with Crippen LogP contribution in [0.2, 0.25) is 0 Å². The number of hydrogen-bond donors (Lipinski definition) is 0. The zero-order valence-corrected chi connectivity index (χ0v) is 33.5. The minimum atomic E-state index is -0.499. The number of hydrogen-bond acceptors (Lipinski definition) is 2. The number of aromatic nitrogens is 2. The first-order chi connectivity index (χ1) is 30.2. The maximum atomic E-state index is 5.19. The molecule has 1 aromatic heterocycles. The summed E-state index contributed by atoms with van der Waals surface area (Å²) in [6, 6.07) is 87.2. The predicted octanol–water partition coefficient (Wildman–Crippen LogP) is 14.8. The van der Waals surface area contributed by atoms with Crippen LogP contribution in [0, 0.1) is 0 Å². The molecular formula is C59H40N2. The SMILES string of the molecule is c1ccc(-c2cccc(-c3cc(-c4ccc(-c5cc6c(cc5-c5ccccc5)-c5ccccc5C6(c5ccccc5)c5ccccc5)cc4)nc(-c4ccccc4)n3)c2)cc1. The molecule has 1 heterocycles. The first-order valence-corrected chi connectivity index (χ1v) is 20.9. The molecule has 0 atom stereocenters. The molecule has 61 heavy (non-hydrogen) atoms. The van der Waals surface area contributed by atoms with Crippen LogP contribution in [-0.4, -0.2) is 9.97 Å². The zero-order valence-electron chi connectivity index (χ0n) is 33.5. The fraction of sp³-hybridized carbons (Fsp3) is 0.0169. The summed E-state index contributed by atoms with van der Waals surface area (Å²) in [4.78, 5) is 10.3. The first kappa shape index (κ1) is 36.2. The Hall–Kier alpha value is -7.94. The van der Waals surface area contributed by atoms with E-state index in [9.17, 15) is 0 Å². The maximum Gasteiger partial charge on any atom is 0.160 e. The minimum absolute atomic E-state index is 0.499. The Bertz CT molecular complexity index is 3100. The lowest BCUT2D eigenvalue weighted by molar-refractivity contribution is 0.769. The smallest absolute Gasteiger partial charge is 0.160 e. The Labute approximate surface area is 357 Å². The van der Waals surface area contributed by atoms with Crippen LogP contribution < -0.4 is 0 Å². The van der Waals surface area contributed by atoms with Gasteiger partial charge in [-0.3, -0.25) is 0 Å². The number of fused-ring (bicyclic) bond motifs is 3. The van der Waals surface area contributed by atoms with Crippen LogP contribution in [0.4, 0.5) is 0 Å². The van der Waals surface area contributed by atoms with Gasteiger partial charge in [0.2, 0.25) is 0 Å². The zero-order chi connectivity index (χ0) is 40.6. The highest BCUT2D eigenvalue weighted by atomic mass is 14.9. The van der Waals surface area contributed by atoms with E-state index in [1.807, 2.05) is 18.2 Å². The molecule has 1 aliphatic carbocycles. The summed E-state index contributed by atoms with van der Waals surface area (Å²) >= 11 is 0. The van der Waals surface area contributed by atoms with Crippen molar-refractivity contribution in [3.63, 3.8) is 0 Å². The van der Waals surface area contributed by atoms with Gasteiger partial charge in [0.05, 0.1) is 16.8 Å². The molecule has 286 valence electrons. The van der Waals surface area contributed by atoms with Gasteiger partial charge in [-0.25, -0.2) is 9.97 Å². The Balaban J connectivity index is 1.09. The molecule has 0 fully saturated rings. The van der Waals surface area contributed by atoms with Crippen molar-refractivity contribution in [2.24, 2.45) is 0 Å². The van der Waals surface area contributed by atoms with Gasteiger partial charge in [0.25, 0.3) is 0 Å². The van der Waals surface area contributed by atoms with Gasteiger partial charge in [-0.05, 0) is 91.0 Å². The number of rotatable bonds is 8. The molecule has 1 aliphatic rings. The average molecular weight is 777 g/mol. The normalized spacial score (nSPS) is 12.4. The number of nitrogens with zero attached hydrogens (tertiary/aromatic N) is 2. The van der Waals surface area contributed by atoms with E-state index in [0.29, 0.717) is 5.82 Å². The van der Waals surface area contributed by atoms with Gasteiger partial charge in [0, 0.05) is 16.7 Å². The van der Waals surface area contributed by atoms with Crippen LogP contribution >= 0.6 is 0 Å². The van der Waals surface area contributed by atoms with Crippen LogP contribution in [0.5, 0.6) is 0 Å². The summed E-state index contributed by atoms with van der Waals surface area (Å²) < 4.78 is 0. The topological polar surface area (TPSA) is 25.8 Å². The fourth-order valence-corrected chi connectivity index (χ4v) is 9.35. The summed E-state index contributed by atoms with van der Waals surface area (Å²) in [6.07, 6.45) is 0. The van der Waals surface area contributed by atoms with Crippen LogP contribution in [0.15, 0.2) is 243 Å².